The van der Waals surface area contributed by atoms with E-state index in [1.165, 1.54) is 6.20 Å². The maximum Gasteiger partial charge on any atom is 0.334 e. The molecule has 0 bridgehead atoms. The minimum absolute atomic E-state index is 0.234. The summed E-state index contributed by atoms with van der Waals surface area (Å²) >= 11 is 0. The molecule has 0 aromatic carbocycles. The van der Waals surface area contributed by atoms with Crippen LogP contribution in [0, 0.1) is 5.92 Å². The molecule has 3 aliphatic rings. The van der Waals surface area contributed by atoms with Crippen LogP contribution in [0.3, 0.4) is 0 Å². The van der Waals surface area contributed by atoms with Crippen LogP contribution in [-0.4, -0.2) is 11.1 Å². The summed E-state index contributed by atoms with van der Waals surface area (Å²) in [6.45, 7) is 0. The topological polar surface area (TPSA) is 58.6 Å². The fraction of sp³-hybridized carbons (Fsp3) is 0.0833. The number of carboxylic acid groups (broad SMARTS) is 1. The Kier molecular flexibility index (Phi) is 1.77. The third-order valence-electron chi connectivity index (χ3n) is 2.82. The Morgan fingerprint density at radius 3 is 3.06 bits per heavy atom. The molecule has 1 aliphatic carbocycles. The molecule has 0 radical (unpaired) electrons. The van der Waals surface area contributed by atoms with Gasteiger partial charge >= 0.3 is 5.97 Å². The Morgan fingerprint density at radius 1 is 1.38 bits per heavy atom. The zero-order valence-electron chi connectivity index (χ0n) is 8.31. The van der Waals surface area contributed by atoms with E-state index in [9.17, 15) is 4.79 Å². The molecule has 2 aliphatic heterocycles. The highest BCUT2D eigenvalue weighted by atomic mass is 16.5. The number of carbonyl (C=O) groups is 1. The minimum atomic E-state index is -0.905. The van der Waals surface area contributed by atoms with Crippen molar-refractivity contribution in [2.75, 3.05) is 0 Å². The fourth-order valence-corrected chi connectivity index (χ4v) is 2.11. The van der Waals surface area contributed by atoms with Crippen LogP contribution in [0.5, 0.6) is 0 Å². The predicted octanol–water partition coefficient (Wildman–Crippen LogP) is 1.43. The van der Waals surface area contributed by atoms with Gasteiger partial charge in [0, 0.05) is 17.5 Å². The van der Waals surface area contributed by atoms with Gasteiger partial charge in [-0.3, -0.25) is 0 Å². The number of carboxylic acids is 1. The Hall–Kier alpha value is -2.23. The second-order valence-electron chi connectivity index (χ2n) is 3.70. The lowest BCUT2D eigenvalue weighted by Crippen LogP contribution is -2.20. The molecule has 0 aromatic rings. The molecule has 0 amide bonds. The summed E-state index contributed by atoms with van der Waals surface area (Å²) in [5.41, 5.74) is 2.12. The zero-order chi connectivity index (χ0) is 11.1. The van der Waals surface area contributed by atoms with Crippen LogP contribution in [0.2, 0.25) is 0 Å². The molecule has 0 saturated carbocycles. The summed E-state index contributed by atoms with van der Waals surface area (Å²) in [4.78, 5) is 11.1. The van der Waals surface area contributed by atoms with Gasteiger partial charge in [-0.05, 0) is 18.2 Å². The number of ether oxygens (including phenoxy) is 1. The Bertz CT molecular complexity index is 520. The van der Waals surface area contributed by atoms with E-state index < -0.39 is 5.97 Å². The summed E-state index contributed by atoms with van der Waals surface area (Å²) < 4.78 is 5.34. The molecule has 1 atom stereocenters. The molecule has 16 heavy (non-hydrogen) atoms. The fourth-order valence-electron chi connectivity index (χ4n) is 2.11. The standard InChI is InChI=1S/C12H9NO3/c14-12(15)8-6-13-9-3-4-10-7(11(8)9)2-1-5-16-10/h1-6,11,13H,(H,14,15). The van der Waals surface area contributed by atoms with Crippen molar-refractivity contribution >= 4 is 5.97 Å². The van der Waals surface area contributed by atoms with Crippen LogP contribution < -0.4 is 5.32 Å². The lowest BCUT2D eigenvalue weighted by Gasteiger charge is -2.24. The van der Waals surface area contributed by atoms with Crippen LogP contribution in [0.1, 0.15) is 0 Å². The van der Waals surface area contributed by atoms with E-state index in [1.807, 2.05) is 18.2 Å². The van der Waals surface area contributed by atoms with Gasteiger partial charge in [0.15, 0.2) is 0 Å². The van der Waals surface area contributed by atoms with E-state index in [2.05, 4.69) is 5.32 Å². The van der Waals surface area contributed by atoms with Crippen LogP contribution in [0.25, 0.3) is 0 Å². The molecule has 0 aromatic heterocycles. The highest BCUT2D eigenvalue weighted by Crippen LogP contribution is 2.39. The highest BCUT2D eigenvalue weighted by molar-refractivity contribution is 5.90. The molecular weight excluding hydrogens is 206 g/mol. The SMILES string of the molecule is O=C(O)C1=CNC2=CC=C3OC=CC=C3C21. The normalized spacial score (nSPS) is 25.1. The van der Waals surface area contributed by atoms with E-state index in [4.69, 9.17) is 9.84 Å². The second-order valence-corrected chi connectivity index (χ2v) is 3.70. The number of fused-ring (bicyclic) bond motifs is 3. The number of hydrogen-bond acceptors (Lipinski definition) is 3. The van der Waals surface area contributed by atoms with Gasteiger partial charge in [-0.1, -0.05) is 6.08 Å². The molecular formula is C12H9NO3. The van der Waals surface area contributed by atoms with E-state index in [0.29, 0.717) is 11.3 Å². The maximum atomic E-state index is 11.1. The quantitative estimate of drug-likeness (QED) is 0.694. The summed E-state index contributed by atoms with van der Waals surface area (Å²) in [5.74, 6) is -0.424. The summed E-state index contributed by atoms with van der Waals surface area (Å²) in [6, 6.07) is 0. The number of allylic oxidation sites excluding steroid dienone is 6. The van der Waals surface area contributed by atoms with Crippen LogP contribution in [0.15, 0.2) is 59.4 Å². The summed E-state index contributed by atoms with van der Waals surface area (Å²) in [7, 11) is 0. The Balaban J connectivity index is 2.09. The van der Waals surface area contributed by atoms with Gasteiger partial charge in [0.1, 0.15) is 5.76 Å². The van der Waals surface area contributed by atoms with Crippen molar-refractivity contribution in [3.63, 3.8) is 0 Å². The van der Waals surface area contributed by atoms with Gasteiger partial charge in [0.25, 0.3) is 0 Å². The molecule has 1 unspecified atom stereocenters. The Morgan fingerprint density at radius 2 is 2.25 bits per heavy atom. The number of rotatable bonds is 1. The second kappa shape index (κ2) is 3.13. The van der Waals surface area contributed by atoms with Crippen LogP contribution in [-0.2, 0) is 9.53 Å². The number of nitrogens with one attached hydrogen (secondary N) is 1. The van der Waals surface area contributed by atoms with Gasteiger partial charge in [0.2, 0.25) is 0 Å². The minimum Gasteiger partial charge on any atom is -0.478 e. The van der Waals surface area contributed by atoms with E-state index >= 15 is 0 Å². The molecule has 3 rings (SSSR count). The third kappa shape index (κ3) is 1.13. The third-order valence-corrected chi connectivity index (χ3v) is 2.82. The van der Waals surface area contributed by atoms with Crippen molar-refractivity contribution in [2.45, 2.75) is 0 Å². The van der Waals surface area contributed by atoms with Crippen molar-refractivity contribution in [3.05, 3.63) is 59.4 Å². The number of hydrogen-bond donors (Lipinski definition) is 2. The molecule has 4 nitrogen and oxygen atoms in total. The smallest absolute Gasteiger partial charge is 0.334 e. The average Bonchev–Trinajstić information content (AvgIpc) is 2.73. The van der Waals surface area contributed by atoms with Gasteiger partial charge in [0.05, 0.1) is 17.8 Å². The van der Waals surface area contributed by atoms with Crippen LogP contribution in [0.4, 0.5) is 0 Å². The first-order valence-electron chi connectivity index (χ1n) is 4.93. The largest absolute Gasteiger partial charge is 0.478 e. The molecule has 0 saturated heterocycles. The molecule has 0 fully saturated rings. The molecule has 80 valence electrons. The van der Waals surface area contributed by atoms with Crippen molar-refractivity contribution < 1.29 is 14.6 Å². The molecule has 0 spiro atoms. The predicted molar refractivity (Wildman–Crippen MR) is 56.8 cm³/mol. The van der Waals surface area contributed by atoms with E-state index in [1.54, 1.807) is 12.3 Å². The highest BCUT2D eigenvalue weighted by Gasteiger charge is 2.36. The first-order chi connectivity index (χ1) is 7.77. The van der Waals surface area contributed by atoms with Gasteiger partial charge in [-0.15, -0.1) is 0 Å². The lowest BCUT2D eigenvalue weighted by molar-refractivity contribution is -0.132. The first-order valence-corrected chi connectivity index (χ1v) is 4.93. The lowest BCUT2D eigenvalue weighted by atomic mass is 9.85. The van der Waals surface area contributed by atoms with Crippen molar-refractivity contribution in [1.29, 1.82) is 0 Å². The average molecular weight is 215 g/mol. The number of aliphatic carboxylic acids is 1. The van der Waals surface area contributed by atoms with Gasteiger partial charge < -0.3 is 15.2 Å². The molecule has 4 heteroatoms. The summed E-state index contributed by atoms with van der Waals surface area (Å²) in [6.07, 6.45) is 10.5. The van der Waals surface area contributed by atoms with Crippen LogP contribution >= 0.6 is 0 Å². The Labute approximate surface area is 91.9 Å². The van der Waals surface area contributed by atoms with Gasteiger partial charge in [-0.25, -0.2) is 4.79 Å². The van der Waals surface area contributed by atoms with Crippen molar-refractivity contribution in [3.8, 4) is 0 Å². The van der Waals surface area contributed by atoms with Crippen molar-refractivity contribution in [1.82, 2.24) is 5.32 Å². The van der Waals surface area contributed by atoms with E-state index in [0.717, 1.165) is 11.3 Å². The van der Waals surface area contributed by atoms with E-state index in [-0.39, 0.29) is 5.92 Å². The molecule has 2 N–H and O–H groups in total. The maximum absolute atomic E-state index is 11.1. The van der Waals surface area contributed by atoms with Crippen molar-refractivity contribution in [2.24, 2.45) is 5.92 Å². The summed E-state index contributed by atoms with van der Waals surface area (Å²) in [5, 5.41) is 12.1. The zero-order valence-corrected chi connectivity index (χ0v) is 8.31. The monoisotopic (exact) mass is 215 g/mol. The first kappa shape index (κ1) is 9.03. The molecule has 2 heterocycles. The van der Waals surface area contributed by atoms with Gasteiger partial charge in [-0.2, -0.15) is 0 Å².